The number of fused-ring (bicyclic) bond motifs is 3. The van der Waals surface area contributed by atoms with Crippen LogP contribution >= 0.6 is 0 Å². The molecule has 8 unspecified atom stereocenters. The monoisotopic (exact) mass is 360 g/mol. The maximum absolute atomic E-state index is 5.97. The third-order valence-electron chi connectivity index (χ3n) is 10.1. The highest BCUT2D eigenvalue weighted by Crippen LogP contribution is 2.69. The fourth-order valence-corrected chi connectivity index (χ4v) is 8.71. The zero-order valence-corrected chi connectivity index (χ0v) is 18.3. The molecule has 3 saturated carbocycles. The molecular weight excluding hydrogens is 316 g/mol. The topological polar surface area (TPSA) is 12.5 Å². The number of hydrogen-bond acceptors (Lipinski definition) is 1. The maximum Gasteiger partial charge on any atom is 0.0921 e. The van der Waals surface area contributed by atoms with Gasteiger partial charge in [0.15, 0.2) is 0 Å². The largest absolute Gasteiger partial charge is 0.370 e. The van der Waals surface area contributed by atoms with Gasteiger partial charge in [-0.05, 0) is 98.7 Å². The van der Waals surface area contributed by atoms with Gasteiger partial charge in [-0.25, -0.2) is 0 Å². The minimum Gasteiger partial charge on any atom is -0.370 e. The zero-order valence-electron chi connectivity index (χ0n) is 18.3. The van der Waals surface area contributed by atoms with E-state index in [0.29, 0.717) is 10.8 Å². The first-order valence-corrected chi connectivity index (χ1v) is 12.0. The van der Waals surface area contributed by atoms with E-state index in [-0.39, 0.29) is 5.60 Å². The summed E-state index contributed by atoms with van der Waals surface area (Å²) in [6, 6.07) is 0. The van der Waals surface area contributed by atoms with Gasteiger partial charge in [0.05, 0.1) is 12.2 Å². The standard InChI is InChI=1S/C25H44O/c1-6-8-9-18-10-11-19-20-12-13-22(25(5)17-26-25)24(20,4)16-14-21(19)23(18,3)15-7-2/h18-22H,6-17H2,1-5H3. The lowest BCUT2D eigenvalue weighted by Crippen LogP contribution is -2.52. The van der Waals surface area contributed by atoms with Crippen LogP contribution in [0.4, 0.5) is 0 Å². The Kier molecular flexibility index (Phi) is 5.03. The van der Waals surface area contributed by atoms with Crippen molar-refractivity contribution in [2.45, 2.75) is 111 Å². The highest BCUT2D eigenvalue weighted by Gasteiger charge is 2.64. The van der Waals surface area contributed by atoms with Crippen molar-refractivity contribution in [1.29, 1.82) is 0 Å². The van der Waals surface area contributed by atoms with Crippen LogP contribution in [0.5, 0.6) is 0 Å². The first-order chi connectivity index (χ1) is 12.4. The predicted octanol–water partition coefficient (Wildman–Crippen LogP) is 7.24. The molecule has 4 aliphatic rings. The molecule has 3 aliphatic carbocycles. The van der Waals surface area contributed by atoms with Crippen LogP contribution in [-0.2, 0) is 4.74 Å². The van der Waals surface area contributed by atoms with E-state index in [9.17, 15) is 0 Å². The van der Waals surface area contributed by atoms with Crippen molar-refractivity contribution in [3.05, 3.63) is 0 Å². The van der Waals surface area contributed by atoms with Gasteiger partial charge in [0.2, 0.25) is 0 Å². The lowest BCUT2D eigenvalue weighted by molar-refractivity contribution is -0.107. The number of ether oxygens (including phenoxy) is 1. The molecule has 4 fully saturated rings. The summed E-state index contributed by atoms with van der Waals surface area (Å²) < 4.78 is 5.97. The Bertz CT molecular complexity index is 508. The first-order valence-electron chi connectivity index (χ1n) is 12.0. The van der Waals surface area contributed by atoms with Gasteiger partial charge < -0.3 is 4.74 Å². The van der Waals surface area contributed by atoms with Crippen LogP contribution in [0.2, 0.25) is 0 Å². The Morgan fingerprint density at radius 1 is 0.885 bits per heavy atom. The third kappa shape index (κ3) is 2.82. The van der Waals surface area contributed by atoms with E-state index in [0.717, 1.165) is 36.2 Å². The molecule has 0 spiro atoms. The fourth-order valence-electron chi connectivity index (χ4n) is 8.71. The molecule has 26 heavy (non-hydrogen) atoms. The number of epoxide rings is 1. The second kappa shape index (κ2) is 6.78. The Morgan fingerprint density at radius 3 is 2.31 bits per heavy atom. The highest BCUT2D eigenvalue weighted by molar-refractivity contribution is 5.13. The second-order valence-corrected chi connectivity index (χ2v) is 11.3. The number of unbranched alkanes of at least 4 members (excludes halogenated alkanes) is 1. The Hall–Kier alpha value is -0.0400. The summed E-state index contributed by atoms with van der Waals surface area (Å²) in [4.78, 5) is 0. The van der Waals surface area contributed by atoms with E-state index in [1.54, 1.807) is 0 Å². The molecule has 0 N–H and O–H groups in total. The molecule has 8 atom stereocenters. The normalized spacial score (nSPS) is 53.2. The van der Waals surface area contributed by atoms with Crippen molar-refractivity contribution in [3.8, 4) is 0 Å². The van der Waals surface area contributed by atoms with Gasteiger partial charge in [0, 0.05) is 0 Å². The Morgan fingerprint density at radius 2 is 1.65 bits per heavy atom. The quantitative estimate of drug-likeness (QED) is 0.455. The lowest BCUT2D eigenvalue weighted by atomic mass is 9.45. The SMILES string of the molecule is CCCCC1CCC2C(CCC3(C)C2CCC3C2(C)CO2)C1(C)CCC. The van der Waals surface area contributed by atoms with Crippen LogP contribution in [0.15, 0.2) is 0 Å². The zero-order chi connectivity index (χ0) is 18.6. The number of rotatable bonds is 6. The molecule has 4 rings (SSSR count). The van der Waals surface area contributed by atoms with Crippen LogP contribution in [0.25, 0.3) is 0 Å². The van der Waals surface area contributed by atoms with E-state index in [4.69, 9.17) is 4.74 Å². The molecule has 0 bridgehead atoms. The summed E-state index contributed by atoms with van der Waals surface area (Å²) in [7, 11) is 0. The highest BCUT2D eigenvalue weighted by atomic mass is 16.6. The molecule has 0 amide bonds. The van der Waals surface area contributed by atoms with Crippen LogP contribution in [0, 0.1) is 40.4 Å². The van der Waals surface area contributed by atoms with Gasteiger partial charge in [-0.15, -0.1) is 0 Å². The van der Waals surface area contributed by atoms with Gasteiger partial charge in [-0.2, -0.15) is 0 Å². The molecular formula is C25H44O. The molecule has 0 aromatic heterocycles. The number of hydrogen-bond donors (Lipinski definition) is 0. The van der Waals surface area contributed by atoms with Crippen molar-refractivity contribution in [1.82, 2.24) is 0 Å². The molecule has 150 valence electrons. The second-order valence-electron chi connectivity index (χ2n) is 11.3. The average molecular weight is 361 g/mol. The van der Waals surface area contributed by atoms with Crippen molar-refractivity contribution < 1.29 is 4.74 Å². The predicted molar refractivity (Wildman–Crippen MR) is 110 cm³/mol. The average Bonchev–Trinajstić information content (AvgIpc) is 3.23. The minimum atomic E-state index is 0.237. The van der Waals surface area contributed by atoms with Gasteiger partial charge in [-0.1, -0.05) is 47.0 Å². The van der Waals surface area contributed by atoms with Gasteiger partial charge in [0.1, 0.15) is 0 Å². The van der Waals surface area contributed by atoms with Crippen LogP contribution in [0.3, 0.4) is 0 Å². The van der Waals surface area contributed by atoms with Crippen LogP contribution < -0.4 is 0 Å². The van der Waals surface area contributed by atoms with E-state index >= 15 is 0 Å². The smallest absolute Gasteiger partial charge is 0.0921 e. The lowest BCUT2D eigenvalue weighted by Gasteiger charge is -2.59. The van der Waals surface area contributed by atoms with E-state index in [1.165, 1.54) is 70.6 Å². The summed E-state index contributed by atoms with van der Waals surface area (Å²) in [6.45, 7) is 13.6. The third-order valence-corrected chi connectivity index (χ3v) is 10.1. The molecule has 1 aliphatic heterocycles. The molecule has 0 radical (unpaired) electrons. The Balaban J connectivity index is 1.57. The Labute approximate surface area is 163 Å². The van der Waals surface area contributed by atoms with E-state index in [1.807, 2.05) is 0 Å². The van der Waals surface area contributed by atoms with Crippen molar-refractivity contribution in [2.24, 2.45) is 40.4 Å². The molecule has 0 aromatic rings. The summed E-state index contributed by atoms with van der Waals surface area (Å²) in [6.07, 6.45) is 16.1. The molecule has 1 heteroatoms. The van der Waals surface area contributed by atoms with Gasteiger partial charge in [-0.3, -0.25) is 0 Å². The maximum atomic E-state index is 5.97. The van der Waals surface area contributed by atoms with Crippen molar-refractivity contribution in [3.63, 3.8) is 0 Å². The van der Waals surface area contributed by atoms with Crippen molar-refractivity contribution in [2.75, 3.05) is 6.61 Å². The summed E-state index contributed by atoms with van der Waals surface area (Å²) in [5.41, 5.74) is 1.42. The van der Waals surface area contributed by atoms with Gasteiger partial charge in [0.25, 0.3) is 0 Å². The molecule has 1 nitrogen and oxygen atoms in total. The summed E-state index contributed by atoms with van der Waals surface area (Å²) in [5, 5.41) is 0. The van der Waals surface area contributed by atoms with Crippen LogP contribution in [-0.4, -0.2) is 12.2 Å². The molecule has 0 aromatic carbocycles. The van der Waals surface area contributed by atoms with E-state index in [2.05, 4.69) is 34.6 Å². The summed E-state index contributed by atoms with van der Waals surface area (Å²) in [5.74, 6) is 4.82. The first kappa shape index (κ1) is 19.3. The van der Waals surface area contributed by atoms with E-state index < -0.39 is 0 Å². The van der Waals surface area contributed by atoms with Gasteiger partial charge >= 0.3 is 0 Å². The fraction of sp³-hybridized carbons (Fsp3) is 1.00. The van der Waals surface area contributed by atoms with Crippen LogP contribution in [0.1, 0.15) is 105 Å². The summed E-state index contributed by atoms with van der Waals surface area (Å²) >= 11 is 0. The minimum absolute atomic E-state index is 0.237. The van der Waals surface area contributed by atoms with Crippen molar-refractivity contribution >= 4 is 0 Å². The molecule has 1 saturated heterocycles. The molecule has 1 heterocycles.